The van der Waals surface area contributed by atoms with Crippen LogP contribution in [0.3, 0.4) is 0 Å². The van der Waals surface area contributed by atoms with Gasteiger partial charge in [0.2, 0.25) is 11.8 Å². The fourth-order valence-electron chi connectivity index (χ4n) is 4.17. The molecule has 5 nitrogen and oxygen atoms in total. The number of nitrogens with one attached hydrogen (secondary N) is 1. The largest absolute Gasteiger partial charge is 0.352 e. The molecule has 2 amide bonds. The van der Waals surface area contributed by atoms with E-state index in [0.29, 0.717) is 32.1 Å². The second-order valence-corrected chi connectivity index (χ2v) is 7.34. The molecule has 0 radical (unpaired) electrons. The molecule has 3 rings (SSSR count). The molecule has 1 saturated heterocycles. The summed E-state index contributed by atoms with van der Waals surface area (Å²) in [6, 6.07) is 9.94. The number of nitrogens with zero attached hydrogens (tertiary/aromatic N) is 1. The summed E-state index contributed by atoms with van der Waals surface area (Å²) in [6.07, 6.45) is 4.67. The number of likely N-dealkylation sites (tertiary alicyclic amines) is 1. The summed E-state index contributed by atoms with van der Waals surface area (Å²) in [5, 5.41) is 3.03. The number of amides is 2. The molecular formula is C20H29N3O2. The van der Waals surface area contributed by atoms with Gasteiger partial charge in [0, 0.05) is 31.5 Å². The molecule has 0 spiro atoms. The molecule has 2 aliphatic rings. The summed E-state index contributed by atoms with van der Waals surface area (Å²) < 4.78 is 0. The molecule has 136 valence electrons. The third-order valence-electron chi connectivity index (χ3n) is 5.77. The molecule has 0 bridgehead atoms. The first kappa shape index (κ1) is 17.9. The zero-order chi connectivity index (χ0) is 17.6. The van der Waals surface area contributed by atoms with Gasteiger partial charge in [-0.2, -0.15) is 0 Å². The molecule has 25 heavy (non-hydrogen) atoms. The van der Waals surface area contributed by atoms with Crippen LogP contribution in [0.15, 0.2) is 30.3 Å². The molecule has 1 aromatic carbocycles. The number of piperidine rings is 1. The lowest BCUT2D eigenvalue weighted by Gasteiger charge is -2.34. The minimum absolute atomic E-state index is 0.0154. The molecule has 0 aromatic heterocycles. The monoisotopic (exact) mass is 343 g/mol. The summed E-state index contributed by atoms with van der Waals surface area (Å²) >= 11 is 0. The van der Waals surface area contributed by atoms with Crippen molar-refractivity contribution in [3.8, 4) is 0 Å². The van der Waals surface area contributed by atoms with Gasteiger partial charge in [-0.25, -0.2) is 0 Å². The van der Waals surface area contributed by atoms with Gasteiger partial charge in [0.15, 0.2) is 0 Å². The maximum Gasteiger partial charge on any atom is 0.226 e. The molecule has 5 heteroatoms. The van der Waals surface area contributed by atoms with E-state index in [9.17, 15) is 9.59 Å². The highest BCUT2D eigenvalue weighted by Crippen LogP contribution is 2.33. The third-order valence-corrected chi connectivity index (χ3v) is 5.77. The molecule has 2 atom stereocenters. The van der Waals surface area contributed by atoms with Crippen LogP contribution in [-0.4, -0.2) is 36.3 Å². The van der Waals surface area contributed by atoms with Crippen LogP contribution in [0.1, 0.15) is 37.7 Å². The zero-order valence-corrected chi connectivity index (χ0v) is 14.8. The van der Waals surface area contributed by atoms with Crippen molar-refractivity contribution in [2.24, 2.45) is 23.5 Å². The Bertz CT molecular complexity index is 582. The Labute approximate surface area is 150 Å². The zero-order valence-electron chi connectivity index (χ0n) is 14.8. The number of benzene rings is 1. The summed E-state index contributed by atoms with van der Waals surface area (Å²) in [7, 11) is 0. The minimum Gasteiger partial charge on any atom is -0.352 e. The Morgan fingerprint density at radius 1 is 1.08 bits per heavy atom. The van der Waals surface area contributed by atoms with Crippen molar-refractivity contribution in [1.29, 1.82) is 0 Å². The predicted molar refractivity (Wildman–Crippen MR) is 97.5 cm³/mol. The lowest BCUT2D eigenvalue weighted by Crippen LogP contribution is -2.46. The van der Waals surface area contributed by atoms with Gasteiger partial charge in [0.05, 0.1) is 0 Å². The summed E-state index contributed by atoms with van der Waals surface area (Å²) in [4.78, 5) is 27.1. The van der Waals surface area contributed by atoms with E-state index in [4.69, 9.17) is 5.73 Å². The molecule has 1 aliphatic heterocycles. The van der Waals surface area contributed by atoms with E-state index >= 15 is 0 Å². The number of carbonyl (C=O) groups excluding carboxylic acids is 2. The van der Waals surface area contributed by atoms with Crippen LogP contribution in [0.5, 0.6) is 0 Å². The highest BCUT2D eigenvalue weighted by Gasteiger charge is 2.36. The van der Waals surface area contributed by atoms with Crippen molar-refractivity contribution in [3.05, 3.63) is 35.9 Å². The van der Waals surface area contributed by atoms with E-state index in [1.165, 1.54) is 0 Å². The van der Waals surface area contributed by atoms with E-state index in [2.05, 4.69) is 5.32 Å². The van der Waals surface area contributed by atoms with Gasteiger partial charge in [-0.05, 0) is 43.7 Å². The number of rotatable bonds is 5. The fourth-order valence-corrected chi connectivity index (χ4v) is 4.17. The maximum atomic E-state index is 12.7. The van der Waals surface area contributed by atoms with E-state index in [0.717, 1.165) is 37.7 Å². The summed E-state index contributed by atoms with van der Waals surface area (Å²) in [5.41, 5.74) is 6.92. The van der Waals surface area contributed by atoms with Gasteiger partial charge in [-0.3, -0.25) is 9.59 Å². The fraction of sp³-hybridized carbons (Fsp3) is 0.600. The lowest BCUT2D eigenvalue weighted by atomic mass is 9.91. The average Bonchev–Trinajstić information content (AvgIpc) is 3.15. The van der Waals surface area contributed by atoms with Gasteiger partial charge < -0.3 is 16.0 Å². The summed E-state index contributed by atoms with van der Waals surface area (Å²) in [5.74, 6) is 0.835. The molecule has 0 unspecified atom stereocenters. The van der Waals surface area contributed by atoms with Crippen LogP contribution in [0, 0.1) is 17.8 Å². The SMILES string of the molecule is NC[C@H]1CCC[C@H]1C(=O)N1CCC(C(=O)NCc2ccccc2)CC1. The molecule has 3 N–H and O–H groups in total. The first-order valence-electron chi connectivity index (χ1n) is 9.49. The summed E-state index contributed by atoms with van der Waals surface area (Å²) in [6.45, 7) is 2.56. The van der Waals surface area contributed by atoms with Crippen molar-refractivity contribution in [3.63, 3.8) is 0 Å². The minimum atomic E-state index is 0.0154. The molecule has 1 aliphatic carbocycles. The van der Waals surface area contributed by atoms with E-state index in [1.54, 1.807) is 0 Å². The molecule has 2 fully saturated rings. The van der Waals surface area contributed by atoms with Crippen molar-refractivity contribution in [2.75, 3.05) is 19.6 Å². The Hall–Kier alpha value is -1.88. The first-order valence-corrected chi connectivity index (χ1v) is 9.49. The Morgan fingerprint density at radius 3 is 2.48 bits per heavy atom. The van der Waals surface area contributed by atoms with Crippen molar-refractivity contribution in [2.45, 2.75) is 38.6 Å². The van der Waals surface area contributed by atoms with E-state index in [-0.39, 0.29) is 23.7 Å². The normalized spacial score (nSPS) is 24.3. The van der Waals surface area contributed by atoms with Gasteiger partial charge >= 0.3 is 0 Å². The standard InChI is InChI=1S/C20H29N3O2/c21-13-17-7-4-8-18(17)20(25)23-11-9-16(10-12-23)19(24)22-14-15-5-2-1-3-6-15/h1-3,5-6,16-18H,4,7-14,21H2,(H,22,24)/t17-,18-/m1/s1. The Balaban J connectivity index is 1.45. The topological polar surface area (TPSA) is 75.4 Å². The lowest BCUT2D eigenvalue weighted by molar-refractivity contribution is -0.140. The third kappa shape index (κ3) is 4.40. The van der Waals surface area contributed by atoms with Gasteiger partial charge in [-0.1, -0.05) is 36.8 Å². The number of hydrogen-bond donors (Lipinski definition) is 2. The highest BCUT2D eigenvalue weighted by molar-refractivity contribution is 5.81. The van der Waals surface area contributed by atoms with Crippen LogP contribution in [0.2, 0.25) is 0 Å². The van der Waals surface area contributed by atoms with Gasteiger partial charge in [0.1, 0.15) is 0 Å². The second-order valence-electron chi connectivity index (χ2n) is 7.34. The highest BCUT2D eigenvalue weighted by atomic mass is 16.2. The van der Waals surface area contributed by atoms with E-state index in [1.807, 2.05) is 35.2 Å². The van der Waals surface area contributed by atoms with Crippen molar-refractivity contribution >= 4 is 11.8 Å². The quantitative estimate of drug-likeness (QED) is 0.857. The first-order chi connectivity index (χ1) is 12.2. The molecule has 1 saturated carbocycles. The number of nitrogens with two attached hydrogens (primary N) is 1. The van der Waals surface area contributed by atoms with Crippen LogP contribution in [0.25, 0.3) is 0 Å². The Kier molecular flexibility index (Phi) is 6.08. The number of carbonyl (C=O) groups is 2. The van der Waals surface area contributed by atoms with Crippen LogP contribution in [-0.2, 0) is 16.1 Å². The maximum absolute atomic E-state index is 12.7. The predicted octanol–water partition coefficient (Wildman–Crippen LogP) is 1.92. The smallest absolute Gasteiger partial charge is 0.226 e. The van der Waals surface area contributed by atoms with Crippen LogP contribution >= 0.6 is 0 Å². The molecular weight excluding hydrogens is 314 g/mol. The number of hydrogen-bond acceptors (Lipinski definition) is 3. The van der Waals surface area contributed by atoms with Gasteiger partial charge in [0.25, 0.3) is 0 Å². The molecule has 1 aromatic rings. The second kappa shape index (κ2) is 8.48. The molecule has 1 heterocycles. The average molecular weight is 343 g/mol. The van der Waals surface area contributed by atoms with E-state index < -0.39 is 0 Å². The van der Waals surface area contributed by atoms with Crippen LogP contribution < -0.4 is 11.1 Å². The van der Waals surface area contributed by atoms with Gasteiger partial charge in [-0.15, -0.1) is 0 Å². The van der Waals surface area contributed by atoms with Crippen LogP contribution in [0.4, 0.5) is 0 Å². The Morgan fingerprint density at radius 2 is 1.80 bits per heavy atom. The van der Waals surface area contributed by atoms with Crippen molar-refractivity contribution < 1.29 is 9.59 Å². The van der Waals surface area contributed by atoms with Crippen molar-refractivity contribution in [1.82, 2.24) is 10.2 Å².